The van der Waals surface area contributed by atoms with Crippen LogP contribution in [-0.4, -0.2) is 42.1 Å². The summed E-state index contributed by atoms with van der Waals surface area (Å²) in [5, 5.41) is 3.17. The summed E-state index contributed by atoms with van der Waals surface area (Å²) < 4.78 is 0. The quantitative estimate of drug-likeness (QED) is 0.907. The van der Waals surface area contributed by atoms with Crippen LogP contribution in [0.1, 0.15) is 23.7 Å². The Morgan fingerprint density at radius 2 is 2.10 bits per heavy atom. The standard InChI is InChI=1S/C16H20N2O2S/c19-15-7-6-13(10-17-15)16(20)18-8-9-21-14(11-18)12-4-2-1-3-5-12/h1-5,13-14H,6-11H2,(H,17,19). The molecule has 2 aliphatic heterocycles. The van der Waals surface area contributed by atoms with E-state index < -0.39 is 0 Å². The van der Waals surface area contributed by atoms with Gasteiger partial charge in [-0.3, -0.25) is 9.59 Å². The Bertz CT molecular complexity index is 510. The molecular formula is C16H20N2O2S. The molecule has 4 nitrogen and oxygen atoms in total. The minimum Gasteiger partial charge on any atom is -0.355 e. The second-order valence-electron chi connectivity index (χ2n) is 5.59. The number of thioether (sulfide) groups is 1. The van der Waals surface area contributed by atoms with Gasteiger partial charge in [0, 0.05) is 37.1 Å². The molecule has 2 unspecified atom stereocenters. The lowest BCUT2D eigenvalue weighted by Crippen LogP contribution is -2.47. The number of hydrogen-bond donors (Lipinski definition) is 1. The van der Waals surface area contributed by atoms with Crippen molar-refractivity contribution in [2.24, 2.45) is 5.92 Å². The third-order valence-corrected chi connectivity index (χ3v) is 5.41. The van der Waals surface area contributed by atoms with E-state index in [2.05, 4.69) is 17.4 Å². The first-order chi connectivity index (χ1) is 10.2. The first-order valence-electron chi connectivity index (χ1n) is 7.46. The van der Waals surface area contributed by atoms with E-state index in [4.69, 9.17) is 0 Å². The molecule has 1 aromatic rings. The van der Waals surface area contributed by atoms with Crippen molar-refractivity contribution in [1.29, 1.82) is 0 Å². The van der Waals surface area contributed by atoms with Crippen LogP contribution in [0.2, 0.25) is 0 Å². The summed E-state index contributed by atoms with van der Waals surface area (Å²) in [6.45, 7) is 2.09. The summed E-state index contributed by atoms with van der Waals surface area (Å²) in [6.07, 6.45) is 1.16. The molecule has 2 atom stereocenters. The maximum absolute atomic E-state index is 12.6. The number of carbonyl (C=O) groups is 2. The summed E-state index contributed by atoms with van der Waals surface area (Å²) in [5.41, 5.74) is 1.29. The van der Waals surface area contributed by atoms with E-state index in [0.717, 1.165) is 18.8 Å². The molecule has 0 aliphatic carbocycles. The van der Waals surface area contributed by atoms with Gasteiger partial charge in [-0.15, -0.1) is 0 Å². The second kappa shape index (κ2) is 6.52. The Morgan fingerprint density at radius 1 is 1.29 bits per heavy atom. The molecule has 112 valence electrons. The van der Waals surface area contributed by atoms with Crippen LogP contribution in [0.15, 0.2) is 30.3 Å². The van der Waals surface area contributed by atoms with Crippen LogP contribution in [0, 0.1) is 5.92 Å². The van der Waals surface area contributed by atoms with E-state index >= 15 is 0 Å². The summed E-state index contributed by atoms with van der Waals surface area (Å²) in [7, 11) is 0. The minimum atomic E-state index is -0.0396. The Kier molecular flexibility index (Phi) is 4.48. The maximum atomic E-state index is 12.6. The number of carbonyl (C=O) groups excluding carboxylic acids is 2. The smallest absolute Gasteiger partial charge is 0.227 e. The highest BCUT2D eigenvalue weighted by Gasteiger charge is 2.31. The predicted octanol–water partition coefficient (Wildman–Crippen LogP) is 1.83. The fourth-order valence-electron chi connectivity index (χ4n) is 2.92. The van der Waals surface area contributed by atoms with Gasteiger partial charge in [-0.25, -0.2) is 0 Å². The number of nitrogens with one attached hydrogen (secondary N) is 1. The lowest BCUT2D eigenvalue weighted by atomic mass is 9.97. The zero-order chi connectivity index (χ0) is 14.7. The average molecular weight is 304 g/mol. The van der Waals surface area contributed by atoms with Crippen LogP contribution in [0.3, 0.4) is 0 Å². The van der Waals surface area contributed by atoms with Crippen LogP contribution in [0.25, 0.3) is 0 Å². The number of nitrogens with zero attached hydrogens (tertiary/aromatic N) is 1. The summed E-state index contributed by atoms with van der Waals surface area (Å²) >= 11 is 1.92. The first kappa shape index (κ1) is 14.4. The highest BCUT2D eigenvalue weighted by atomic mass is 32.2. The molecule has 2 aliphatic rings. The lowest BCUT2D eigenvalue weighted by molar-refractivity contribution is -0.137. The monoisotopic (exact) mass is 304 g/mol. The van der Waals surface area contributed by atoms with Crippen LogP contribution in [0.4, 0.5) is 0 Å². The van der Waals surface area contributed by atoms with Gasteiger partial charge in [0.25, 0.3) is 0 Å². The highest BCUT2D eigenvalue weighted by Crippen LogP contribution is 2.33. The minimum absolute atomic E-state index is 0.0396. The fraction of sp³-hybridized carbons (Fsp3) is 0.500. The average Bonchev–Trinajstić information content (AvgIpc) is 2.56. The predicted molar refractivity (Wildman–Crippen MR) is 84.0 cm³/mol. The highest BCUT2D eigenvalue weighted by molar-refractivity contribution is 7.99. The van der Waals surface area contributed by atoms with Gasteiger partial charge in [-0.2, -0.15) is 11.8 Å². The van der Waals surface area contributed by atoms with Crippen molar-refractivity contribution in [3.63, 3.8) is 0 Å². The molecule has 2 heterocycles. The van der Waals surface area contributed by atoms with Gasteiger partial charge in [-0.05, 0) is 12.0 Å². The van der Waals surface area contributed by atoms with Gasteiger partial charge in [0.1, 0.15) is 0 Å². The summed E-state index contributed by atoms with van der Waals surface area (Å²) in [6, 6.07) is 10.4. The number of benzene rings is 1. The number of piperidine rings is 1. The third-order valence-electron chi connectivity index (χ3n) is 4.16. The maximum Gasteiger partial charge on any atom is 0.227 e. The van der Waals surface area contributed by atoms with Crippen molar-refractivity contribution >= 4 is 23.6 Å². The van der Waals surface area contributed by atoms with Gasteiger partial charge in [0.2, 0.25) is 11.8 Å². The number of amides is 2. The van der Waals surface area contributed by atoms with E-state index in [1.165, 1.54) is 5.56 Å². The molecule has 21 heavy (non-hydrogen) atoms. The number of hydrogen-bond acceptors (Lipinski definition) is 3. The zero-order valence-electron chi connectivity index (χ0n) is 12.0. The third kappa shape index (κ3) is 3.40. The number of rotatable bonds is 2. The van der Waals surface area contributed by atoms with E-state index in [0.29, 0.717) is 24.6 Å². The Morgan fingerprint density at radius 3 is 2.81 bits per heavy atom. The van der Waals surface area contributed by atoms with Crippen LogP contribution in [-0.2, 0) is 9.59 Å². The van der Waals surface area contributed by atoms with Crippen LogP contribution < -0.4 is 5.32 Å². The van der Waals surface area contributed by atoms with Crippen molar-refractivity contribution in [2.75, 3.05) is 25.4 Å². The Hall–Kier alpha value is -1.49. The zero-order valence-corrected chi connectivity index (χ0v) is 12.8. The lowest BCUT2D eigenvalue weighted by Gasteiger charge is -2.35. The first-order valence-corrected chi connectivity index (χ1v) is 8.51. The van der Waals surface area contributed by atoms with Gasteiger partial charge in [0.15, 0.2) is 0 Å². The topological polar surface area (TPSA) is 49.4 Å². The molecule has 3 rings (SSSR count). The van der Waals surface area contributed by atoms with Crippen LogP contribution in [0.5, 0.6) is 0 Å². The largest absolute Gasteiger partial charge is 0.355 e. The van der Waals surface area contributed by atoms with Crippen molar-refractivity contribution in [2.45, 2.75) is 18.1 Å². The van der Waals surface area contributed by atoms with Gasteiger partial charge in [-0.1, -0.05) is 30.3 Å². The van der Waals surface area contributed by atoms with E-state index in [1.807, 2.05) is 34.9 Å². The molecule has 1 aromatic carbocycles. The Labute approximate surface area is 129 Å². The normalized spacial score (nSPS) is 26.3. The van der Waals surface area contributed by atoms with Crippen molar-refractivity contribution in [1.82, 2.24) is 10.2 Å². The molecule has 2 amide bonds. The molecule has 1 N–H and O–H groups in total. The molecular weight excluding hydrogens is 284 g/mol. The summed E-state index contributed by atoms with van der Waals surface area (Å²) in [4.78, 5) is 25.8. The van der Waals surface area contributed by atoms with Crippen molar-refractivity contribution in [3.8, 4) is 0 Å². The molecule has 0 spiro atoms. The van der Waals surface area contributed by atoms with Crippen molar-refractivity contribution < 1.29 is 9.59 Å². The fourth-order valence-corrected chi connectivity index (χ4v) is 4.17. The summed E-state index contributed by atoms with van der Waals surface area (Å²) in [5.74, 6) is 1.21. The Balaban J connectivity index is 1.63. The van der Waals surface area contributed by atoms with Crippen molar-refractivity contribution in [3.05, 3.63) is 35.9 Å². The molecule has 5 heteroatoms. The molecule has 2 saturated heterocycles. The molecule has 0 saturated carbocycles. The molecule has 0 bridgehead atoms. The SMILES string of the molecule is O=C1CCC(C(=O)N2CCSC(c3ccccc3)C2)CN1. The molecule has 2 fully saturated rings. The molecule has 0 aromatic heterocycles. The molecule has 0 radical (unpaired) electrons. The van der Waals surface area contributed by atoms with Crippen LogP contribution >= 0.6 is 11.8 Å². The van der Waals surface area contributed by atoms with E-state index in [-0.39, 0.29) is 17.7 Å². The van der Waals surface area contributed by atoms with Gasteiger partial charge >= 0.3 is 0 Å². The van der Waals surface area contributed by atoms with E-state index in [9.17, 15) is 9.59 Å². The van der Waals surface area contributed by atoms with Gasteiger partial charge < -0.3 is 10.2 Å². The van der Waals surface area contributed by atoms with E-state index in [1.54, 1.807) is 0 Å². The second-order valence-corrected chi connectivity index (χ2v) is 6.90. The van der Waals surface area contributed by atoms with Gasteiger partial charge in [0.05, 0.1) is 5.92 Å².